The van der Waals surface area contributed by atoms with Gasteiger partial charge < -0.3 is 24.4 Å². The van der Waals surface area contributed by atoms with Crippen LogP contribution in [0.25, 0.3) is 0 Å². The molecule has 6 aliphatic rings. The van der Waals surface area contributed by atoms with Gasteiger partial charge in [-0.2, -0.15) is 0 Å². The Morgan fingerprint density at radius 2 is 2.00 bits per heavy atom. The van der Waals surface area contributed by atoms with Crippen LogP contribution in [0, 0.1) is 17.0 Å². The summed E-state index contributed by atoms with van der Waals surface area (Å²) in [6, 6.07) is 3.42. The standard InChI is InChI=1S/C24H29NO5/c26-17-6-5-16-11-19-24(29-13-15-3-4-15)8-7-18(27)22-23(24,20(16)21(17)30-22)9-10-25(19,28)12-14-1-2-14/h5-6,14-15,19,22,26H,1-4,7-13H2/t19-,22+,23+,24?,25?/m1/s1. The zero-order chi connectivity index (χ0) is 20.3. The minimum absolute atomic E-state index is 0.0935. The molecule has 0 radical (unpaired) electrons. The van der Waals surface area contributed by atoms with Crippen molar-refractivity contribution in [3.8, 4) is 11.5 Å². The van der Waals surface area contributed by atoms with Crippen molar-refractivity contribution in [1.82, 2.24) is 0 Å². The maximum Gasteiger partial charge on any atom is 0.174 e. The second kappa shape index (κ2) is 5.59. The molecule has 6 heteroatoms. The van der Waals surface area contributed by atoms with Crippen LogP contribution in [-0.4, -0.2) is 53.0 Å². The molecule has 1 N–H and O–H groups in total. The van der Waals surface area contributed by atoms with Crippen LogP contribution >= 0.6 is 0 Å². The summed E-state index contributed by atoms with van der Waals surface area (Å²) in [7, 11) is 0. The Morgan fingerprint density at radius 1 is 1.20 bits per heavy atom. The quantitative estimate of drug-likeness (QED) is 0.595. The van der Waals surface area contributed by atoms with Crippen molar-refractivity contribution in [2.45, 2.75) is 74.5 Å². The Balaban J connectivity index is 1.45. The fourth-order valence-corrected chi connectivity index (χ4v) is 7.35. The molecule has 1 saturated heterocycles. The number of ether oxygens (including phenoxy) is 2. The van der Waals surface area contributed by atoms with Gasteiger partial charge in [0, 0.05) is 30.7 Å². The first-order valence-electron chi connectivity index (χ1n) is 11.7. The molecule has 6 nitrogen and oxygen atoms in total. The predicted molar refractivity (Wildman–Crippen MR) is 108 cm³/mol. The number of hydroxylamine groups is 3. The minimum Gasteiger partial charge on any atom is -0.632 e. The number of carbonyl (C=O) groups is 1. The fourth-order valence-electron chi connectivity index (χ4n) is 7.35. The van der Waals surface area contributed by atoms with E-state index < -0.39 is 17.1 Å². The molecule has 0 amide bonds. The lowest BCUT2D eigenvalue weighted by Crippen LogP contribution is -2.81. The molecule has 2 bridgehead atoms. The molecule has 30 heavy (non-hydrogen) atoms. The van der Waals surface area contributed by atoms with Crippen molar-refractivity contribution in [1.29, 1.82) is 0 Å². The van der Waals surface area contributed by atoms with Crippen LogP contribution < -0.4 is 4.74 Å². The van der Waals surface area contributed by atoms with Gasteiger partial charge in [-0.15, -0.1) is 0 Å². The maximum atomic E-state index is 14.4. The molecule has 5 atom stereocenters. The van der Waals surface area contributed by atoms with E-state index in [2.05, 4.69) is 0 Å². The zero-order valence-electron chi connectivity index (χ0n) is 17.3. The van der Waals surface area contributed by atoms with E-state index in [1.165, 1.54) is 12.8 Å². The van der Waals surface area contributed by atoms with Gasteiger partial charge >= 0.3 is 0 Å². The number of hydrogen-bond acceptors (Lipinski definition) is 5. The Labute approximate surface area is 176 Å². The summed E-state index contributed by atoms with van der Waals surface area (Å²) < 4.78 is 12.9. The van der Waals surface area contributed by atoms with Gasteiger partial charge in [-0.3, -0.25) is 4.79 Å². The number of piperidine rings is 1. The van der Waals surface area contributed by atoms with Crippen molar-refractivity contribution >= 4 is 5.78 Å². The second-order valence-corrected chi connectivity index (χ2v) is 10.8. The molecule has 1 spiro atoms. The van der Waals surface area contributed by atoms with Crippen molar-refractivity contribution in [3.05, 3.63) is 28.5 Å². The molecule has 1 aromatic rings. The number of carbonyl (C=O) groups excluding carboxylic acids is 1. The van der Waals surface area contributed by atoms with Gasteiger partial charge in [-0.25, -0.2) is 0 Å². The van der Waals surface area contributed by atoms with E-state index in [0.717, 1.165) is 24.0 Å². The smallest absolute Gasteiger partial charge is 0.174 e. The molecule has 0 aromatic heterocycles. The summed E-state index contributed by atoms with van der Waals surface area (Å²) in [6.45, 7) is 1.86. The van der Waals surface area contributed by atoms with Gasteiger partial charge in [0.25, 0.3) is 0 Å². The van der Waals surface area contributed by atoms with Crippen LogP contribution in [0.4, 0.5) is 0 Å². The van der Waals surface area contributed by atoms with E-state index in [0.29, 0.717) is 63.0 Å². The number of phenolic OH excluding ortho intramolecular Hbond substituents is 1. The Hall–Kier alpha value is -1.63. The monoisotopic (exact) mass is 411 g/mol. The summed E-state index contributed by atoms with van der Waals surface area (Å²) in [6.07, 6.45) is 6.31. The van der Waals surface area contributed by atoms with E-state index in [1.54, 1.807) is 6.07 Å². The SMILES string of the molecule is O=C1CCC2(OCC3CC3)[C@H]3Cc4ccc(O)c5c4[C@@]2(CC[N+]3([O-])CC2CC2)[C@H]1O5. The molecule has 7 rings (SSSR count). The number of likely N-dealkylation sites (tertiary alicyclic amines) is 1. The number of nitrogens with zero attached hydrogens (tertiary/aromatic N) is 1. The number of rotatable bonds is 5. The number of aromatic hydroxyl groups is 1. The molecule has 3 saturated carbocycles. The number of quaternary nitrogens is 1. The lowest BCUT2D eigenvalue weighted by Gasteiger charge is -2.68. The minimum atomic E-state index is -0.672. The first-order valence-corrected chi connectivity index (χ1v) is 11.7. The molecule has 2 unspecified atom stereocenters. The van der Waals surface area contributed by atoms with Gasteiger partial charge in [0.05, 0.1) is 25.1 Å². The van der Waals surface area contributed by atoms with E-state index in [-0.39, 0.29) is 22.2 Å². The first kappa shape index (κ1) is 18.0. The third-order valence-electron chi connectivity index (χ3n) is 9.08. The average molecular weight is 411 g/mol. The van der Waals surface area contributed by atoms with E-state index in [1.807, 2.05) is 6.07 Å². The highest BCUT2D eigenvalue weighted by Gasteiger charge is 2.77. The lowest BCUT2D eigenvalue weighted by molar-refractivity contribution is -0.924. The lowest BCUT2D eigenvalue weighted by atomic mass is 9.48. The summed E-state index contributed by atoms with van der Waals surface area (Å²) >= 11 is 0. The Morgan fingerprint density at radius 3 is 2.77 bits per heavy atom. The number of Topliss-reactive ketones (excluding diaryl/α,β-unsaturated/α-hetero) is 1. The van der Waals surface area contributed by atoms with Crippen LogP contribution in [0.15, 0.2) is 12.1 Å². The highest BCUT2D eigenvalue weighted by atomic mass is 16.6. The zero-order valence-corrected chi connectivity index (χ0v) is 17.3. The average Bonchev–Trinajstić information content (AvgIpc) is 3.65. The van der Waals surface area contributed by atoms with Gasteiger partial charge in [0.1, 0.15) is 11.6 Å². The highest BCUT2D eigenvalue weighted by Crippen LogP contribution is 2.67. The van der Waals surface area contributed by atoms with Crippen LogP contribution in [0.2, 0.25) is 0 Å². The van der Waals surface area contributed by atoms with Gasteiger partial charge in [0.15, 0.2) is 23.4 Å². The van der Waals surface area contributed by atoms with Crippen LogP contribution in [-0.2, 0) is 21.4 Å². The predicted octanol–water partition coefficient (Wildman–Crippen LogP) is 2.97. The molecule has 4 aliphatic carbocycles. The Bertz CT molecular complexity index is 955. The normalized spacial score (nSPS) is 43.3. The van der Waals surface area contributed by atoms with Gasteiger partial charge in [-0.05, 0) is 49.7 Å². The maximum absolute atomic E-state index is 14.4. The second-order valence-electron chi connectivity index (χ2n) is 10.8. The van der Waals surface area contributed by atoms with Crippen molar-refractivity contribution in [2.75, 3.05) is 19.7 Å². The van der Waals surface area contributed by atoms with Crippen molar-refractivity contribution in [2.24, 2.45) is 11.8 Å². The van der Waals surface area contributed by atoms with Gasteiger partial charge in [0.2, 0.25) is 0 Å². The van der Waals surface area contributed by atoms with Crippen LogP contribution in [0.3, 0.4) is 0 Å². The van der Waals surface area contributed by atoms with Gasteiger partial charge in [-0.1, -0.05) is 6.07 Å². The largest absolute Gasteiger partial charge is 0.632 e. The molecule has 1 aromatic carbocycles. The molecule has 4 fully saturated rings. The third-order valence-corrected chi connectivity index (χ3v) is 9.08. The summed E-state index contributed by atoms with van der Waals surface area (Å²) in [5.41, 5.74) is 0.753. The van der Waals surface area contributed by atoms with Crippen LogP contribution in [0.5, 0.6) is 11.5 Å². The van der Waals surface area contributed by atoms with Crippen molar-refractivity contribution in [3.63, 3.8) is 0 Å². The summed E-state index contributed by atoms with van der Waals surface area (Å²) in [5, 5.41) is 25.0. The van der Waals surface area contributed by atoms with E-state index in [9.17, 15) is 15.1 Å². The topological polar surface area (TPSA) is 78.8 Å². The third kappa shape index (κ3) is 2.08. The number of benzene rings is 1. The number of hydrogen-bond donors (Lipinski definition) is 1. The summed E-state index contributed by atoms with van der Waals surface area (Å²) in [4.78, 5) is 13.1. The number of phenols is 1. The highest BCUT2D eigenvalue weighted by molar-refractivity contribution is 5.90. The molecule has 160 valence electrons. The van der Waals surface area contributed by atoms with Crippen LogP contribution in [0.1, 0.15) is 56.1 Å². The van der Waals surface area contributed by atoms with E-state index >= 15 is 0 Å². The fraction of sp³-hybridized carbons (Fsp3) is 0.708. The van der Waals surface area contributed by atoms with E-state index in [4.69, 9.17) is 9.47 Å². The molecular weight excluding hydrogens is 382 g/mol. The molecule has 2 heterocycles. The van der Waals surface area contributed by atoms with Crippen molar-refractivity contribution < 1.29 is 24.0 Å². The Kier molecular flexibility index (Phi) is 3.35. The number of ketones is 1. The summed E-state index contributed by atoms with van der Waals surface area (Å²) in [5.74, 6) is 1.78. The molecule has 2 aliphatic heterocycles. The molecular formula is C24H29NO5. The first-order chi connectivity index (χ1) is 14.5.